The summed E-state index contributed by atoms with van der Waals surface area (Å²) in [5.74, 6) is 0.835. The molecule has 0 unspecified atom stereocenters. The van der Waals surface area contributed by atoms with Crippen molar-refractivity contribution in [3.05, 3.63) is 59.4 Å². The Hall–Kier alpha value is -1.84. The zero-order valence-electron chi connectivity index (χ0n) is 21.3. The van der Waals surface area contributed by atoms with Crippen LogP contribution in [0.4, 0.5) is 17.6 Å². The Bertz CT molecular complexity index is 861. The second-order valence-corrected chi connectivity index (χ2v) is 10.5. The van der Waals surface area contributed by atoms with Crippen LogP contribution in [0.2, 0.25) is 0 Å². The van der Waals surface area contributed by atoms with Gasteiger partial charge in [-0.15, -0.1) is 0 Å². The highest BCUT2D eigenvalue weighted by atomic mass is 19.4. The van der Waals surface area contributed by atoms with E-state index >= 15 is 0 Å². The number of alkyl halides is 3. The first-order chi connectivity index (χ1) is 16.9. The van der Waals surface area contributed by atoms with Crippen molar-refractivity contribution in [2.75, 3.05) is 0 Å². The van der Waals surface area contributed by atoms with Gasteiger partial charge in [-0.3, -0.25) is 0 Å². The van der Waals surface area contributed by atoms with Crippen LogP contribution in [0.3, 0.4) is 0 Å². The number of rotatable bonds is 13. The molecule has 35 heavy (non-hydrogen) atoms. The number of unbranched alkanes of at least 4 members (excludes halogenated alkanes) is 9. The van der Waals surface area contributed by atoms with Crippen LogP contribution in [-0.4, -0.2) is 0 Å². The number of benzene rings is 2. The summed E-state index contributed by atoms with van der Waals surface area (Å²) in [7, 11) is 0. The zero-order chi connectivity index (χ0) is 25.1. The van der Waals surface area contributed by atoms with Gasteiger partial charge in [0.05, 0.1) is 5.56 Å². The van der Waals surface area contributed by atoms with Crippen molar-refractivity contribution in [3.8, 4) is 11.1 Å². The standard InChI is InChI=1S/C31H42F4/c1-2-3-4-5-6-7-8-9-10-11-12-24-13-15-25(16-14-24)27-19-22-29(30(32)23-27)26-17-20-28(21-18-26)31(33,34)35/h17-25H,2-16H2,1H3/t24-,25-. The number of halogens is 4. The molecular formula is C31H42F4. The smallest absolute Gasteiger partial charge is 0.206 e. The maximum Gasteiger partial charge on any atom is 0.416 e. The molecule has 194 valence electrons. The topological polar surface area (TPSA) is 0 Å². The Morgan fingerprint density at radius 1 is 0.714 bits per heavy atom. The molecule has 0 atom stereocenters. The summed E-state index contributed by atoms with van der Waals surface area (Å²) >= 11 is 0. The maximum atomic E-state index is 14.9. The molecule has 0 spiro atoms. The second-order valence-electron chi connectivity index (χ2n) is 10.5. The molecule has 0 bridgehead atoms. The van der Waals surface area contributed by atoms with Crippen LogP contribution in [0.5, 0.6) is 0 Å². The van der Waals surface area contributed by atoms with E-state index in [0.717, 1.165) is 36.5 Å². The highest BCUT2D eigenvalue weighted by molar-refractivity contribution is 5.65. The maximum absolute atomic E-state index is 14.9. The molecule has 1 fully saturated rings. The van der Waals surface area contributed by atoms with E-state index in [1.165, 1.54) is 95.6 Å². The Balaban J connectivity index is 1.37. The number of hydrogen-bond acceptors (Lipinski definition) is 0. The van der Waals surface area contributed by atoms with Crippen LogP contribution in [0.1, 0.15) is 120 Å². The molecule has 0 heterocycles. The van der Waals surface area contributed by atoms with Crippen molar-refractivity contribution < 1.29 is 17.6 Å². The quantitative estimate of drug-likeness (QED) is 0.193. The van der Waals surface area contributed by atoms with E-state index in [0.29, 0.717) is 17.0 Å². The van der Waals surface area contributed by atoms with Gasteiger partial charge in [-0.05, 0) is 66.8 Å². The lowest BCUT2D eigenvalue weighted by Gasteiger charge is -2.29. The van der Waals surface area contributed by atoms with Crippen molar-refractivity contribution >= 4 is 0 Å². The van der Waals surface area contributed by atoms with E-state index in [2.05, 4.69) is 6.92 Å². The molecule has 0 aliphatic heterocycles. The molecule has 0 nitrogen and oxygen atoms in total. The fourth-order valence-electron chi connectivity index (χ4n) is 5.56. The minimum atomic E-state index is -4.38. The van der Waals surface area contributed by atoms with E-state index in [4.69, 9.17) is 0 Å². The lowest BCUT2D eigenvalue weighted by molar-refractivity contribution is -0.137. The van der Waals surface area contributed by atoms with Crippen molar-refractivity contribution in [3.63, 3.8) is 0 Å². The summed E-state index contributed by atoms with van der Waals surface area (Å²) in [6.07, 6.45) is 15.3. The second kappa shape index (κ2) is 14.0. The summed E-state index contributed by atoms with van der Waals surface area (Å²) in [5, 5.41) is 0. The first-order valence-electron chi connectivity index (χ1n) is 13.9. The Kier molecular flexibility index (Phi) is 11.1. The highest BCUT2D eigenvalue weighted by Crippen LogP contribution is 2.39. The Morgan fingerprint density at radius 2 is 1.29 bits per heavy atom. The van der Waals surface area contributed by atoms with Gasteiger partial charge < -0.3 is 0 Å². The number of hydrogen-bond donors (Lipinski definition) is 0. The van der Waals surface area contributed by atoms with Crippen molar-refractivity contribution in [2.24, 2.45) is 5.92 Å². The van der Waals surface area contributed by atoms with E-state index in [1.54, 1.807) is 12.1 Å². The lowest BCUT2D eigenvalue weighted by Crippen LogP contribution is -2.13. The summed E-state index contributed by atoms with van der Waals surface area (Å²) in [4.78, 5) is 0. The van der Waals surface area contributed by atoms with Gasteiger partial charge in [0, 0.05) is 5.56 Å². The Labute approximate surface area is 209 Å². The lowest BCUT2D eigenvalue weighted by atomic mass is 9.77. The first kappa shape index (κ1) is 27.7. The van der Waals surface area contributed by atoms with Crippen LogP contribution in [-0.2, 0) is 6.18 Å². The molecule has 0 radical (unpaired) electrons. The molecular weight excluding hydrogens is 448 g/mol. The molecule has 0 saturated heterocycles. The average Bonchev–Trinajstić information content (AvgIpc) is 2.85. The molecule has 4 heteroatoms. The van der Waals surface area contributed by atoms with Gasteiger partial charge in [0.1, 0.15) is 5.82 Å². The monoisotopic (exact) mass is 490 g/mol. The van der Waals surface area contributed by atoms with E-state index in [-0.39, 0.29) is 5.82 Å². The predicted molar refractivity (Wildman–Crippen MR) is 138 cm³/mol. The van der Waals surface area contributed by atoms with Crippen LogP contribution in [0, 0.1) is 11.7 Å². The van der Waals surface area contributed by atoms with Crippen LogP contribution < -0.4 is 0 Å². The molecule has 2 aromatic rings. The van der Waals surface area contributed by atoms with E-state index < -0.39 is 11.7 Å². The molecule has 2 aromatic carbocycles. The average molecular weight is 491 g/mol. The molecule has 0 amide bonds. The molecule has 1 aliphatic carbocycles. The van der Waals surface area contributed by atoms with Gasteiger partial charge in [0.2, 0.25) is 0 Å². The molecule has 0 N–H and O–H groups in total. The fraction of sp³-hybridized carbons (Fsp3) is 0.613. The van der Waals surface area contributed by atoms with Crippen molar-refractivity contribution in [1.82, 2.24) is 0 Å². The third-order valence-electron chi connectivity index (χ3n) is 7.80. The normalized spacial score (nSPS) is 18.7. The van der Waals surface area contributed by atoms with Gasteiger partial charge in [-0.2, -0.15) is 13.2 Å². The minimum Gasteiger partial charge on any atom is -0.206 e. The third kappa shape index (κ3) is 8.95. The summed E-state index contributed by atoms with van der Waals surface area (Å²) in [6, 6.07) is 10.0. The largest absolute Gasteiger partial charge is 0.416 e. The summed E-state index contributed by atoms with van der Waals surface area (Å²) in [5.41, 5.74) is 1.14. The van der Waals surface area contributed by atoms with Crippen LogP contribution in [0.15, 0.2) is 42.5 Å². The van der Waals surface area contributed by atoms with Crippen LogP contribution >= 0.6 is 0 Å². The molecule has 0 aromatic heterocycles. The first-order valence-corrected chi connectivity index (χ1v) is 13.9. The minimum absolute atomic E-state index is 0.352. The van der Waals surface area contributed by atoms with E-state index in [1.807, 2.05) is 6.07 Å². The SMILES string of the molecule is CCCCCCCCCCCC[C@H]1CC[C@H](c2ccc(-c3ccc(C(F)(F)F)cc3)c(F)c2)CC1. The molecule has 1 aliphatic rings. The van der Waals surface area contributed by atoms with Crippen molar-refractivity contribution in [2.45, 2.75) is 115 Å². The Morgan fingerprint density at radius 3 is 1.83 bits per heavy atom. The summed E-state index contributed by atoms with van der Waals surface area (Å²) in [6.45, 7) is 2.26. The molecule has 3 rings (SSSR count). The van der Waals surface area contributed by atoms with Gasteiger partial charge in [0.25, 0.3) is 0 Å². The fourth-order valence-corrected chi connectivity index (χ4v) is 5.56. The third-order valence-corrected chi connectivity index (χ3v) is 7.80. The van der Waals surface area contributed by atoms with Gasteiger partial charge in [0.15, 0.2) is 0 Å². The molecule has 1 saturated carbocycles. The van der Waals surface area contributed by atoms with Crippen LogP contribution in [0.25, 0.3) is 11.1 Å². The highest BCUT2D eigenvalue weighted by Gasteiger charge is 2.30. The van der Waals surface area contributed by atoms with Gasteiger partial charge in [-0.25, -0.2) is 4.39 Å². The van der Waals surface area contributed by atoms with E-state index in [9.17, 15) is 17.6 Å². The zero-order valence-corrected chi connectivity index (χ0v) is 21.3. The predicted octanol–water partition coefficient (Wildman–Crippen LogP) is 11.1. The summed E-state index contributed by atoms with van der Waals surface area (Å²) < 4.78 is 53.2. The van der Waals surface area contributed by atoms with Gasteiger partial charge in [-0.1, -0.05) is 102 Å². The van der Waals surface area contributed by atoms with Crippen molar-refractivity contribution in [1.29, 1.82) is 0 Å². The van der Waals surface area contributed by atoms with Gasteiger partial charge >= 0.3 is 6.18 Å².